The molecule has 3 nitrogen and oxygen atoms in total. The quantitative estimate of drug-likeness (QED) is 0.407. The zero-order valence-electron chi connectivity index (χ0n) is 6.19. The molecule has 0 radical (unpaired) electrons. The molecule has 0 heterocycles. The lowest BCUT2D eigenvalue weighted by Crippen LogP contribution is -3.02. The van der Waals surface area contributed by atoms with Gasteiger partial charge in [-0.25, -0.2) is 0 Å². The van der Waals surface area contributed by atoms with E-state index in [9.17, 15) is 0 Å². The zero-order valence-corrected chi connectivity index (χ0v) is 8.34. The summed E-state index contributed by atoms with van der Waals surface area (Å²) in [7, 11) is 6.25. The second kappa shape index (κ2) is 15.8. The molecule has 3 N–H and O–H groups in total. The van der Waals surface area contributed by atoms with Crippen LogP contribution in [0.15, 0.2) is 0 Å². The molecule has 0 aliphatic rings. The Morgan fingerprint density at radius 3 is 1.11 bits per heavy atom. The van der Waals surface area contributed by atoms with Crippen molar-refractivity contribution in [3.63, 3.8) is 0 Å². The smallest absolute Gasteiger partial charge is 0.0662 e. The summed E-state index contributed by atoms with van der Waals surface area (Å²) in [5.41, 5.74) is 0. The first-order chi connectivity index (χ1) is 3.65. The van der Waals surface area contributed by atoms with Gasteiger partial charge in [-0.2, -0.15) is 0 Å². The normalized spacial score (nSPS) is 7.33. The van der Waals surface area contributed by atoms with Crippen LogP contribution in [-0.2, 0) is 0 Å². The lowest BCUT2D eigenvalue weighted by Gasteiger charge is -1.88. The predicted molar refractivity (Wildman–Crippen MR) is 32.9 cm³/mol. The number of aliphatic hydroxyl groups excluding tert-OH is 2. The SMILES string of the molecule is C[NH+](C)C.OCCO.[I-]. The fourth-order valence-electron chi connectivity index (χ4n) is 0. The Morgan fingerprint density at radius 2 is 1.11 bits per heavy atom. The van der Waals surface area contributed by atoms with Crippen molar-refractivity contribution in [3.05, 3.63) is 0 Å². The van der Waals surface area contributed by atoms with Gasteiger partial charge < -0.3 is 39.1 Å². The van der Waals surface area contributed by atoms with Crippen LogP contribution in [0.25, 0.3) is 0 Å². The molecule has 60 valence electrons. The highest BCUT2D eigenvalue weighted by atomic mass is 127. The molecular weight excluding hydrogens is 233 g/mol. The van der Waals surface area contributed by atoms with Crippen molar-refractivity contribution in [1.82, 2.24) is 0 Å². The lowest BCUT2D eigenvalue weighted by molar-refractivity contribution is -0.836. The third-order valence-electron chi connectivity index (χ3n) is 0.1000. The Morgan fingerprint density at radius 1 is 1.00 bits per heavy atom. The van der Waals surface area contributed by atoms with Crippen LogP contribution in [0.1, 0.15) is 0 Å². The highest BCUT2D eigenvalue weighted by Gasteiger charge is 1.61. The summed E-state index contributed by atoms with van der Waals surface area (Å²) in [6, 6.07) is 0. The first kappa shape index (κ1) is 16.3. The van der Waals surface area contributed by atoms with E-state index in [-0.39, 0.29) is 37.2 Å². The molecule has 0 aromatic carbocycles. The van der Waals surface area contributed by atoms with Crippen molar-refractivity contribution in [2.45, 2.75) is 0 Å². The number of aliphatic hydroxyl groups is 2. The number of rotatable bonds is 1. The summed E-state index contributed by atoms with van der Waals surface area (Å²) in [5.74, 6) is 0. The second-order valence-electron chi connectivity index (χ2n) is 1.95. The summed E-state index contributed by atoms with van der Waals surface area (Å²) >= 11 is 0. The van der Waals surface area contributed by atoms with Crippen LogP contribution in [0.3, 0.4) is 0 Å². The zero-order chi connectivity index (χ0) is 6.99. The first-order valence-electron chi connectivity index (χ1n) is 2.63. The van der Waals surface area contributed by atoms with Crippen LogP contribution in [0.4, 0.5) is 0 Å². The number of quaternary nitrogens is 1. The number of hydrogen-bond donors (Lipinski definition) is 3. The topological polar surface area (TPSA) is 44.9 Å². The average molecular weight is 249 g/mol. The molecule has 4 heteroatoms. The third-order valence-corrected chi connectivity index (χ3v) is 0.1000. The molecule has 0 amide bonds. The van der Waals surface area contributed by atoms with E-state index in [1.807, 2.05) is 0 Å². The maximum atomic E-state index is 7.62. The molecule has 0 unspecified atom stereocenters. The molecular formula is C5H16INO2. The largest absolute Gasteiger partial charge is 1.00 e. The van der Waals surface area contributed by atoms with E-state index in [2.05, 4.69) is 21.1 Å². The van der Waals surface area contributed by atoms with Crippen LogP contribution in [0, 0.1) is 0 Å². The minimum Gasteiger partial charge on any atom is -1.00 e. The van der Waals surface area contributed by atoms with Crippen LogP contribution in [0.2, 0.25) is 0 Å². The Bertz CT molecular complexity index is 31.4. The molecule has 0 aromatic heterocycles. The van der Waals surface area contributed by atoms with E-state index in [0.29, 0.717) is 0 Å². The first-order valence-corrected chi connectivity index (χ1v) is 2.63. The fourth-order valence-corrected chi connectivity index (χ4v) is 0. The minimum absolute atomic E-state index is 0. The van der Waals surface area contributed by atoms with Crippen LogP contribution in [0.5, 0.6) is 0 Å². The molecule has 0 saturated carbocycles. The Labute approximate surface area is 73.7 Å². The van der Waals surface area contributed by atoms with Gasteiger partial charge in [0.1, 0.15) is 0 Å². The Hall–Kier alpha value is 0.610. The molecule has 0 rings (SSSR count). The van der Waals surface area contributed by atoms with Gasteiger partial charge in [0.2, 0.25) is 0 Å². The van der Waals surface area contributed by atoms with Crippen molar-refractivity contribution >= 4 is 0 Å². The molecule has 0 spiro atoms. The van der Waals surface area contributed by atoms with E-state index in [1.54, 1.807) is 0 Å². The lowest BCUT2D eigenvalue weighted by atomic mass is 10.8. The Kier molecular flexibility index (Phi) is 28.7. The maximum Gasteiger partial charge on any atom is 0.0662 e. The van der Waals surface area contributed by atoms with Gasteiger partial charge in [0.05, 0.1) is 34.4 Å². The third kappa shape index (κ3) is 145. The van der Waals surface area contributed by atoms with Gasteiger partial charge in [-0.1, -0.05) is 0 Å². The van der Waals surface area contributed by atoms with Crippen molar-refractivity contribution in [1.29, 1.82) is 0 Å². The van der Waals surface area contributed by atoms with Gasteiger partial charge >= 0.3 is 0 Å². The van der Waals surface area contributed by atoms with Gasteiger partial charge in [-0.05, 0) is 0 Å². The standard InChI is InChI=1S/C3H9N.C2H6O2.HI/c1-4(2)3;3-1-2-4;/h1-3H3;3-4H,1-2H2;1H. The van der Waals surface area contributed by atoms with Crippen LogP contribution in [-0.4, -0.2) is 44.6 Å². The van der Waals surface area contributed by atoms with Crippen LogP contribution >= 0.6 is 0 Å². The molecule has 0 atom stereocenters. The summed E-state index contributed by atoms with van der Waals surface area (Å²) in [6.45, 7) is -0.250. The van der Waals surface area contributed by atoms with Crippen molar-refractivity contribution in [2.24, 2.45) is 0 Å². The van der Waals surface area contributed by atoms with E-state index in [0.717, 1.165) is 0 Å². The fraction of sp³-hybridized carbons (Fsp3) is 1.00. The van der Waals surface area contributed by atoms with E-state index >= 15 is 0 Å². The van der Waals surface area contributed by atoms with E-state index in [1.165, 1.54) is 4.90 Å². The monoisotopic (exact) mass is 249 g/mol. The molecule has 0 saturated heterocycles. The summed E-state index contributed by atoms with van der Waals surface area (Å²) in [4.78, 5) is 1.42. The van der Waals surface area contributed by atoms with E-state index in [4.69, 9.17) is 10.2 Å². The number of hydrogen-bond acceptors (Lipinski definition) is 2. The summed E-state index contributed by atoms with van der Waals surface area (Å²) < 4.78 is 0. The van der Waals surface area contributed by atoms with E-state index < -0.39 is 0 Å². The van der Waals surface area contributed by atoms with Crippen LogP contribution < -0.4 is 28.9 Å². The molecule has 9 heavy (non-hydrogen) atoms. The Balaban J connectivity index is -0.0000000720. The molecule has 0 aliphatic heterocycles. The molecule has 0 aromatic rings. The highest BCUT2D eigenvalue weighted by Crippen LogP contribution is 1.39. The van der Waals surface area contributed by atoms with Gasteiger partial charge in [-0.15, -0.1) is 0 Å². The maximum absolute atomic E-state index is 7.62. The molecule has 0 bridgehead atoms. The van der Waals surface area contributed by atoms with Gasteiger partial charge in [0.25, 0.3) is 0 Å². The number of halogens is 1. The number of nitrogens with one attached hydrogen (secondary N) is 1. The van der Waals surface area contributed by atoms with Gasteiger partial charge in [0.15, 0.2) is 0 Å². The second-order valence-corrected chi connectivity index (χ2v) is 1.95. The molecule has 0 aliphatic carbocycles. The van der Waals surface area contributed by atoms with Gasteiger partial charge in [0, 0.05) is 0 Å². The van der Waals surface area contributed by atoms with Crippen molar-refractivity contribution in [2.75, 3.05) is 34.4 Å². The minimum atomic E-state index is -0.125. The van der Waals surface area contributed by atoms with Crippen molar-refractivity contribution < 1.29 is 39.1 Å². The summed E-state index contributed by atoms with van der Waals surface area (Å²) in [6.07, 6.45) is 0. The highest BCUT2D eigenvalue weighted by molar-refractivity contribution is 4.06. The van der Waals surface area contributed by atoms with Gasteiger partial charge in [-0.3, -0.25) is 0 Å². The predicted octanol–water partition coefficient (Wildman–Crippen LogP) is -5.26. The molecule has 0 fully saturated rings. The summed E-state index contributed by atoms with van der Waals surface area (Å²) in [5, 5.41) is 15.2. The average Bonchev–Trinajstić information content (AvgIpc) is 1.65. The van der Waals surface area contributed by atoms with Crippen molar-refractivity contribution in [3.8, 4) is 0 Å².